The topological polar surface area (TPSA) is 81.5 Å². The quantitative estimate of drug-likeness (QED) is 0.677. The lowest BCUT2D eigenvalue weighted by Crippen LogP contribution is -2.18. The summed E-state index contributed by atoms with van der Waals surface area (Å²) in [5.74, 6) is 0.356. The highest BCUT2D eigenvalue weighted by Gasteiger charge is 2.33. The van der Waals surface area contributed by atoms with E-state index in [1.54, 1.807) is 20.3 Å². The molecule has 0 unspecified atom stereocenters. The van der Waals surface area contributed by atoms with Gasteiger partial charge < -0.3 is 18.9 Å². The van der Waals surface area contributed by atoms with Crippen molar-refractivity contribution in [2.45, 2.75) is 25.7 Å². The fourth-order valence-corrected chi connectivity index (χ4v) is 3.05. The van der Waals surface area contributed by atoms with E-state index in [1.807, 2.05) is 12.1 Å². The number of carbonyl (C=O) groups excluding carboxylic acids is 2. The van der Waals surface area contributed by atoms with Crippen LogP contribution in [0.1, 0.15) is 50.2 Å². The van der Waals surface area contributed by atoms with Crippen LogP contribution in [0.15, 0.2) is 22.8 Å². The van der Waals surface area contributed by atoms with Gasteiger partial charge in [0.25, 0.3) is 0 Å². The fourth-order valence-electron chi connectivity index (χ4n) is 3.05. The number of ketones is 1. The Balaban J connectivity index is 1.84. The second kappa shape index (κ2) is 6.42. The van der Waals surface area contributed by atoms with Crippen LogP contribution >= 0.6 is 0 Å². The lowest BCUT2D eigenvalue weighted by atomic mass is 9.84. The van der Waals surface area contributed by atoms with Crippen molar-refractivity contribution in [2.24, 2.45) is 0 Å². The monoisotopic (exact) mass is 317 g/mol. The van der Waals surface area contributed by atoms with Gasteiger partial charge in [-0.2, -0.15) is 0 Å². The molecule has 122 valence electrons. The van der Waals surface area contributed by atoms with Gasteiger partial charge in [-0.1, -0.05) is 0 Å². The molecule has 2 aromatic heterocycles. The SMILES string of the molecule is COCCOC(=O)c1[nH]c2c(c1C)C(=O)C[C@H](c1ccco1)C2. The van der Waals surface area contributed by atoms with E-state index in [0.717, 1.165) is 11.5 Å². The molecule has 0 saturated carbocycles. The molecule has 23 heavy (non-hydrogen) atoms. The number of Topliss-reactive ketones (excluding diaryl/α,β-unsaturated/α-hetero) is 1. The zero-order chi connectivity index (χ0) is 16.4. The summed E-state index contributed by atoms with van der Waals surface area (Å²) in [7, 11) is 1.54. The van der Waals surface area contributed by atoms with E-state index in [9.17, 15) is 9.59 Å². The molecule has 0 fully saturated rings. The van der Waals surface area contributed by atoms with Crippen LogP contribution in [0.5, 0.6) is 0 Å². The van der Waals surface area contributed by atoms with Gasteiger partial charge in [-0.15, -0.1) is 0 Å². The minimum atomic E-state index is -0.462. The molecule has 2 aromatic rings. The average molecular weight is 317 g/mol. The Morgan fingerprint density at radius 2 is 2.22 bits per heavy atom. The van der Waals surface area contributed by atoms with Crippen molar-refractivity contribution < 1.29 is 23.5 Å². The van der Waals surface area contributed by atoms with Gasteiger partial charge in [0.15, 0.2) is 5.78 Å². The molecule has 1 aliphatic rings. The number of rotatable bonds is 5. The summed E-state index contributed by atoms with van der Waals surface area (Å²) in [4.78, 5) is 27.7. The maximum Gasteiger partial charge on any atom is 0.355 e. The normalized spacial score (nSPS) is 17.1. The first-order chi connectivity index (χ1) is 11.1. The summed E-state index contributed by atoms with van der Waals surface area (Å²) in [6, 6.07) is 3.69. The number of H-pyrrole nitrogens is 1. The van der Waals surface area contributed by atoms with E-state index in [4.69, 9.17) is 13.9 Å². The lowest BCUT2D eigenvalue weighted by molar-refractivity contribution is 0.0381. The van der Waals surface area contributed by atoms with Gasteiger partial charge in [0.2, 0.25) is 0 Å². The summed E-state index contributed by atoms with van der Waals surface area (Å²) in [5, 5.41) is 0. The first-order valence-corrected chi connectivity index (χ1v) is 7.56. The van der Waals surface area contributed by atoms with Crippen LogP contribution in [-0.2, 0) is 15.9 Å². The van der Waals surface area contributed by atoms with E-state index < -0.39 is 5.97 Å². The van der Waals surface area contributed by atoms with Gasteiger partial charge in [0.05, 0.1) is 12.9 Å². The minimum Gasteiger partial charge on any atom is -0.469 e. The molecule has 0 bridgehead atoms. The molecule has 1 N–H and O–H groups in total. The molecule has 6 heteroatoms. The molecule has 0 aromatic carbocycles. The highest BCUT2D eigenvalue weighted by atomic mass is 16.6. The maximum atomic E-state index is 12.5. The number of aromatic nitrogens is 1. The number of carbonyl (C=O) groups is 2. The number of methoxy groups -OCH3 is 1. The molecule has 1 aliphatic carbocycles. The van der Waals surface area contributed by atoms with Crippen molar-refractivity contribution in [3.05, 3.63) is 46.7 Å². The first kappa shape index (κ1) is 15.6. The Hall–Kier alpha value is -2.34. The van der Waals surface area contributed by atoms with Crippen molar-refractivity contribution in [3.8, 4) is 0 Å². The molecule has 0 aliphatic heterocycles. The van der Waals surface area contributed by atoms with E-state index in [1.165, 1.54) is 0 Å². The van der Waals surface area contributed by atoms with Crippen LogP contribution < -0.4 is 0 Å². The van der Waals surface area contributed by atoms with Crippen molar-refractivity contribution in [2.75, 3.05) is 20.3 Å². The molecular formula is C17H19NO5. The summed E-state index contributed by atoms with van der Waals surface area (Å²) in [6.07, 6.45) is 2.63. The molecule has 2 heterocycles. The van der Waals surface area contributed by atoms with Crippen LogP contribution in [0.25, 0.3) is 0 Å². The second-order valence-electron chi connectivity index (χ2n) is 5.65. The molecular weight excluding hydrogens is 298 g/mol. The number of ether oxygens (including phenoxy) is 2. The van der Waals surface area contributed by atoms with Gasteiger partial charge in [0, 0.05) is 30.7 Å². The maximum absolute atomic E-state index is 12.5. The predicted octanol–water partition coefficient (Wildman–Crippen LogP) is 2.63. The summed E-state index contributed by atoms with van der Waals surface area (Å²) in [6.45, 7) is 2.29. The zero-order valence-corrected chi connectivity index (χ0v) is 13.2. The van der Waals surface area contributed by atoms with Crippen molar-refractivity contribution in [1.29, 1.82) is 0 Å². The van der Waals surface area contributed by atoms with E-state index in [0.29, 0.717) is 36.3 Å². The molecule has 1 atom stereocenters. The first-order valence-electron chi connectivity index (χ1n) is 7.56. The van der Waals surface area contributed by atoms with Crippen molar-refractivity contribution in [3.63, 3.8) is 0 Å². The third kappa shape index (κ3) is 2.94. The Bertz CT molecular complexity index is 714. The number of esters is 1. The summed E-state index contributed by atoms with van der Waals surface area (Å²) in [5.41, 5.74) is 2.40. The number of aromatic amines is 1. The summed E-state index contributed by atoms with van der Waals surface area (Å²) >= 11 is 0. The minimum absolute atomic E-state index is 0.000381. The van der Waals surface area contributed by atoms with Crippen molar-refractivity contribution >= 4 is 11.8 Å². The van der Waals surface area contributed by atoms with Crippen LogP contribution in [0.3, 0.4) is 0 Å². The standard InChI is InChI=1S/C17H19NO5/c1-10-15-12(18-16(10)17(20)23-7-6-21-2)8-11(9-13(15)19)14-4-3-5-22-14/h3-5,11,18H,6-9H2,1-2H3/t11-/m1/s1. The largest absolute Gasteiger partial charge is 0.469 e. The number of hydrogen-bond donors (Lipinski definition) is 1. The molecule has 0 amide bonds. The highest BCUT2D eigenvalue weighted by molar-refractivity contribution is 6.03. The molecule has 3 rings (SSSR count). The van der Waals surface area contributed by atoms with E-state index >= 15 is 0 Å². The Labute approximate surface area is 133 Å². The van der Waals surface area contributed by atoms with Crippen molar-refractivity contribution in [1.82, 2.24) is 4.98 Å². The summed E-state index contributed by atoms with van der Waals surface area (Å²) < 4.78 is 15.4. The van der Waals surface area contributed by atoms with Crippen LogP contribution in [-0.4, -0.2) is 37.1 Å². The smallest absolute Gasteiger partial charge is 0.355 e. The van der Waals surface area contributed by atoms with E-state index in [2.05, 4.69) is 4.98 Å². The average Bonchev–Trinajstić information content (AvgIpc) is 3.15. The Morgan fingerprint density at radius 1 is 1.39 bits per heavy atom. The van der Waals surface area contributed by atoms with Crippen LogP contribution in [0, 0.1) is 6.92 Å². The van der Waals surface area contributed by atoms with Gasteiger partial charge in [-0.05, 0) is 31.0 Å². The molecule has 0 saturated heterocycles. The van der Waals surface area contributed by atoms with Gasteiger partial charge in [0.1, 0.15) is 18.1 Å². The second-order valence-corrected chi connectivity index (χ2v) is 5.65. The number of hydrogen-bond acceptors (Lipinski definition) is 5. The van der Waals surface area contributed by atoms with E-state index in [-0.39, 0.29) is 18.3 Å². The van der Waals surface area contributed by atoms with Crippen LogP contribution in [0.4, 0.5) is 0 Å². The number of fused-ring (bicyclic) bond motifs is 1. The van der Waals surface area contributed by atoms with Gasteiger partial charge >= 0.3 is 5.97 Å². The third-order valence-electron chi connectivity index (χ3n) is 4.16. The fraction of sp³-hybridized carbons (Fsp3) is 0.412. The van der Waals surface area contributed by atoms with Crippen LogP contribution in [0.2, 0.25) is 0 Å². The number of furan rings is 1. The lowest BCUT2D eigenvalue weighted by Gasteiger charge is -2.19. The molecule has 0 spiro atoms. The number of nitrogens with one attached hydrogen (secondary N) is 1. The predicted molar refractivity (Wildman–Crippen MR) is 81.8 cm³/mol. The highest BCUT2D eigenvalue weighted by Crippen LogP contribution is 2.35. The Morgan fingerprint density at radius 3 is 2.91 bits per heavy atom. The Kier molecular flexibility index (Phi) is 4.34. The third-order valence-corrected chi connectivity index (χ3v) is 4.16. The molecule has 6 nitrogen and oxygen atoms in total. The molecule has 0 radical (unpaired) electrons. The van der Waals surface area contributed by atoms with Gasteiger partial charge in [-0.25, -0.2) is 4.79 Å². The zero-order valence-electron chi connectivity index (χ0n) is 13.2. The van der Waals surface area contributed by atoms with Gasteiger partial charge in [-0.3, -0.25) is 4.79 Å².